The third kappa shape index (κ3) is 1.91. The van der Waals surface area contributed by atoms with E-state index >= 15 is 0 Å². The van der Waals surface area contributed by atoms with E-state index in [1.165, 1.54) is 0 Å². The first-order chi connectivity index (χ1) is 9.72. The van der Waals surface area contributed by atoms with Crippen LogP contribution in [0.25, 0.3) is 22.6 Å². The maximum absolute atomic E-state index is 5.72. The molecule has 1 aromatic carbocycles. The van der Waals surface area contributed by atoms with Crippen LogP contribution in [-0.4, -0.2) is 29.2 Å². The maximum atomic E-state index is 5.72. The summed E-state index contributed by atoms with van der Waals surface area (Å²) in [6, 6.07) is 7.36. The number of nitrogens with two attached hydrogens (primary N) is 1. The molecule has 0 aliphatic rings. The summed E-state index contributed by atoms with van der Waals surface area (Å²) in [5.41, 5.74) is 8.44. The molecular formula is C14H14N4O2. The van der Waals surface area contributed by atoms with E-state index in [2.05, 4.69) is 15.0 Å². The number of nitrogen functional groups attached to an aromatic ring is 1. The fraction of sp³-hybridized carbons (Fsp3) is 0.143. The SMILES string of the molecule is COc1cccc(OC)c1-c1nc2ncc(N)cc2[nH]1. The van der Waals surface area contributed by atoms with Crippen LogP contribution in [0.15, 0.2) is 30.5 Å². The van der Waals surface area contributed by atoms with Crippen LogP contribution in [0.5, 0.6) is 11.5 Å². The van der Waals surface area contributed by atoms with Crippen LogP contribution in [0.2, 0.25) is 0 Å². The molecule has 2 heterocycles. The summed E-state index contributed by atoms with van der Waals surface area (Å²) < 4.78 is 10.8. The van der Waals surface area contributed by atoms with Gasteiger partial charge in [0.2, 0.25) is 0 Å². The minimum atomic E-state index is 0.583. The number of hydrogen-bond acceptors (Lipinski definition) is 5. The number of nitrogens with zero attached hydrogens (tertiary/aromatic N) is 2. The highest BCUT2D eigenvalue weighted by Crippen LogP contribution is 2.37. The lowest BCUT2D eigenvalue weighted by atomic mass is 10.1. The Bertz CT molecular complexity index is 745. The largest absolute Gasteiger partial charge is 0.496 e. The molecular weight excluding hydrogens is 256 g/mol. The van der Waals surface area contributed by atoms with Crippen LogP contribution in [0.3, 0.4) is 0 Å². The van der Waals surface area contributed by atoms with Crippen molar-refractivity contribution in [3.8, 4) is 22.9 Å². The van der Waals surface area contributed by atoms with Gasteiger partial charge in [0, 0.05) is 0 Å². The lowest BCUT2D eigenvalue weighted by Crippen LogP contribution is -1.93. The summed E-state index contributed by atoms with van der Waals surface area (Å²) in [4.78, 5) is 11.8. The molecule has 0 saturated heterocycles. The average molecular weight is 270 g/mol. The Hall–Kier alpha value is -2.76. The molecule has 0 fully saturated rings. The van der Waals surface area contributed by atoms with Crippen molar-refractivity contribution in [1.82, 2.24) is 15.0 Å². The van der Waals surface area contributed by atoms with Crippen molar-refractivity contribution in [2.45, 2.75) is 0 Å². The van der Waals surface area contributed by atoms with Crippen LogP contribution in [0, 0.1) is 0 Å². The monoisotopic (exact) mass is 270 g/mol. The predicted molar refractivity (Wildman–Crippen MR) is 76.8 cm³/mol. The Morgan fingerprint density at radius 2 is 1.85 bits per heavy atom. The van der Waals surface area contributed by atoms with Gasteiger partial charge < -0.3 is 20.2 Å². The van der Waals surface area contributed by atoms with E-state index in [9.17, 15) is 0 Å². The average Bonchev–Trinajstić information content (AvgIpc) is 2.88. The second-order valence-corrected chi connectivity index (χ2v) is 4.26. The van der Waals surface area contributed by atoms with Gasteiger partial charge in [-0.05, 0) is 18.2 Å². The molecule has 0 amide bonds. The van der Waals surface area contributed by atoms with Crippen molar-refractivity contribution in [3.63, 3.8) is 0 Å². The van der Waals surface area contributed by atoms with Crippen molar-refractivity contribution in [1.29, 1.82) is 0 Å². The van der Waals surface area contributed by atoms with Gasteiger partial charge in [0.1, 0.15) is 22.9 Å². The van der Waals surface area contributed by atoms with Crippen LogP contribution in [0.1, 0.15) is 0 Å². The van der Waals surface area contributed by atoms with E-state index < -0.39 is 0 Å². The topological polar surface area (TPSA) is 86.1 Å². The lowest BCUT2D eigenvalue weighted by molar-refractivity contribution is 0.397. The lowest BCUT2D eigenvalue weighted by Gasteiger charge is -2.10. The molecule has 0 unspecified atom stereocenters. The summed E-state index contributed by atoms with van der Waals surface area (Å²) in [5, 5.41) is 0. The van der Waals surface area contributed by atoms with Gasteiger partial charge >= 0.3 is 0 Å². The standard InChI is InChI=1S/C14H14N4O2/c1-19-10-4-3-5-11(20-2)12(10)14-17-9-6-8(15)7-16-13(9)18-14/h3-7H,15H2,1-2H3,(H,16,17,18). The first-order valence-electron chi connectivity index (χ1n) is 6.05. The van der Waals surface area contributed by atoms with Crippen molar-refractivity contribution < 1.29 is 9.47 Å². The number of hydrogen-bond donors (Lipinski definition) is 2. The molecule has 0 aliphatic carbocycles. The van der Waals surface area contributed by atoms with Crippen LogP contribution in [0.4, 0.5) is 5.69 Å². The number of nitrogens with one attached hydrogen (secondary N) is 1. The molecule has 0 spiro atoms. The van der Waals surface area contributed by atoms with Gasteiger partial charge in [-0.25, -0.2) is 9.97 Å². The number of H-pyrrole nitrogens is 1. The highest BCUT2D eigenvalue weighted by Gasteiger charge is 2.16. The zero-order valence-electron chi connectivity index (χ0n) is 11.2. The van der Waals surface area contributed by atoms with Gasteiger partial charge in [-0.15, -0.1) is 0 Å². The van der Waals surface area contributed by atoms with Crippen molar-refractivity contribution >= 4 is 16.9 Å². The first kappa shape index (κ1) is 12.3. The van der Waals surface area contributed by atoms with Gasteiger partial charge in [-0.3, -0.25) is 0 Å². The molecule has 0 bridgehead atoms. The first-order valence-corrected chi connectivity index (χ1v) is 6.05. The number of benzene rings is 1. The molecule has 3 rings (SSSR count). The second-order valence-electron chi connectivity index (χ2n) is 4.26. The molecule has 6 heteroatoms. The molecule has 102 valence electrons. The molecule has 2 aromatic heterocycles. The fourth-order valence-corrected chi connectivity index (χ4v) is 2.12. The third-order valence-corrected chi connectivity index (χ3v) is 3.02. The van der Waals surface area contributed by atoms with Crippen LogP contribution >= 0.6 is 0 Å². The van der Waals surface area contributed by atoms with E-state index in [-0.39, 0.29) is 0 Å². The highest BCUT2D eigenvalue weighted by molar-refractivity contribution is 5.81. The number of anilines is 1. The highest BCUT2D eigenvalue weighted by atomic mass is 16.5. The van der Waals surface area contributed by atoms with Gasteiger partial charge in [0.25, 0.3) is 0 Å². The van der Waals surface area contributed by atoms with E-state index in [1.54, 1.807) is 26.5 Å². The number of pyridine rings is 1. The fourth-order valence-electron chi connectivity index (χ4n) is 2.12. The summed E-state index contributed by atoms with van der Waals surface area (Å²) in [6.07, 6.45) is 1.58. The zero-order valence-corrected chi connectivity index (χ0v) is 11.2. The van der Waals surface area contributed by atoms with Crippen molar-refractivity contribution in [2.75, 3.05) is 20.0 Å². The van der Waals surface area contributed by atoms with Gasteiger partial charge in [-0.1, -0.05) is 6.07 Å². The number of fused-ring (bicyclic) bond motifs is 1. The number of imidazole rings is 1. The number of ether oxygens (including phenoxy) is 2. The Labute approximate surface area is 115 Å². The summed E-state index contributed by atoms with van der Waals surface area (Å²) in [7, 11) is 3.22. The van der Waals surface area contributed by atoms with Crippen LogP contribution in [-0.2, 0) is 0 Å². The zero-order chi connectivity index (χ0) is 14.1. The summed E-state index contributed by atoms with van der Waals surface area (Å²) in [5.74, 6) is 1.99. The number of methoxy groups -OCH3 is 2. The Morgan fingerprint density at radius 1 is 1.15 bits per heavy atom. The molecule has 3 N–H and O–H groups in total. The Balaban J connectivity index is 2.24. The van der Waals surface area contributed by atoms with Gasteiger partial charge in [0.05, 0.1) is 31.6 Å². The normalized spacial score (nSPS) is 10.7. The number of aromatic amines is 1. The molecule has 20 heavy (non-hydrogen) atoms. The third-order valence-electron chi connectivity index (χ3n) is 3.02. The predicted octanol–water partition coefficient (Wildman–Crippen LogP) is 2.22. The molecule has 0 radical (unpaired) electrons. The molecule has 0 saturated carbocycles. The number of aromatic nitrogens is 3. The second kappa shape index (κ2) is 4.73. The molecule has 0 atom stereocenters. The Morgan fingerprint density at radius 3 is 2.50 bits per heavy atom. The van der Waals surface area contributed by atoms with E-state index in [4.69, 9.17) is 15.2 Å². The summed E-state index contributed by atoms with van der Waals surface area (Å²) >= 11 is 0. The van der Waals surface area contributed by atoms with Crippen LogP contribution < -0.4 is 15.2 Å². The van der Waals surface area contributed by atoms with Crippen molar-refractivity contribution in [2.24, 2.45) is 0 Å². The minimum absolute atomic E-state index is 0.583. The maximum Gasteiger partial charge on any atom is 0.178 e. The van der Waals surface area contributed by atoms with Crippen molar-refractivity contribution in [3.05, 3.63) is 30.5 Å². The minimum Gasteiger partial charge on any atom is -0.496 e. The smallest absolute Gasteiger partial charge is 0.178 e. The van der Waals surface area contributed by atoms with E-state index in [1.807, 2.05) is 18.2 Å². The summed E-state index contributed by atoms with van der Waals surface area (Å²) in [6.45, 7) is 0. The molecule has 0 aliphatic heterocycles. The van der Waals surface area contributed by atoms with Gasteiger partial charge in [-0.2, -0.15) is 0 Å². The van der Waals surface area contributed by atoms with Gasteiger partial charge in [0.15, 0.2) is 5.65 Å². The quantitative estimate of drug-likeness (QED) is 0.762. The molecule has 3 aromatic rings. The van der Waals surface area contributed by atoms with E-state index in [0.717, 1.165) is 11.1 Å². The Kier molecular flexibility index (Phi) is 2.90. The molecule has 6 nitrogen and oxygen atoms in total. The number of rotatable bonds is 3. The van der Waals surface area contributed by atoms with E-state index in [0.29, 0.717) is 28.7 Å².